The van der Waals surface area contributed by atoms with Crippen LogP contribution in [0.15, 0.2) is 33.1 Å². The quantitative estimate of drug-likeness (QED) is 0.479. The van der Waals surface area contributed by atoms with Crippen LogP contribution in [0.3, 0.4) is 0 Å². The van der Waals surface area contributed by atoms with Crippen LogP contribution in [-0.2, 0) is 19.3 Å². The number of hydrogen-bond acceptors (Lipinski definition) is 8. The Morgan fingerprint density at radius 3 is 2.62 bits per heavy atom. The van der Waals surface area contributed by atoms with E-state index in [1.807, 2.05) is 4.98 Å². The number of aromatic amines is 1. The molecule has 1 aliphatic rings. The molecule has 0 spiro atoms. The molecular formula is C12H15BrN2O8S. The third-order valence-corrected chi connectivity index (χ3v) is 5.18. The lowest BCUT2D eigenvalue weighted by Crippen LogP contribution is -2.43. The number of rotatable bonds is 5. The van der Waals surface area contributed by atoms with E-state index in [0.717, 1.165) is 23.3 Å². The molecular weight excluding hydrogens is 412 g/mol. The van der Waals surface area contributed by atoms with Crippen molar-refractivity contribution >= 4 is 25.8 Å². The van der Waals surface area contributed by atoms with E-state index in [1.54, 1.807) is 0 Å². The summed E-state index contributed by atoms with van der Waals surface area (Å²) in [5, 5.41) is 20.2. The molecule has 0 bridgehead atoms. The van der Waals surface area contributed by atoms with E-state index in [0.29, 0.717) is 0 Å². The zero-order valence-electron chi connectivity index (χ0n) is 12.3. The zero-order chi connectivity index (χ0) is 18.2. The Morgan fingerprint density at radius 1 is 1.46 bits per heavy atom. The molecule has 1 aromatic heterocycles. The second-order valence-corrected chi connectivity index (χ2v) is 8.09. The van der Waals surface area contributed by atoms with Crippen LogP contribution in [0.25, 0.3) is 0 Å². The van der Waals surface area contributed by atoms with E-state index in [2.05, 4.69) is 22.5 Å². The van der Waals surface area contributed by atoms with E-state index in [4.69, 9.17) is 9.47 Å². The minimum absolute atomic E-state index is 0.0159. The van der Waals surface area contributed by atoms with Gasteiger partial charge < -0.3 is 19.7 Å². The van der Waals surface area contributed by atoms with Gasteiger partial charge in [-0.1, -0.05) is 6.58 Å². The number of nitrogens with one attached hydrogen (secondary N) is 1. The molecule has 0 radical (unpaired) electrons. The summed E-state index contributed by atoms with van der Waals surface area (Å²) in [5.74, 6) is 0. The Hall–Kier alpha value is -1.47. The monoisotopic (exact) mass is 426 g/mol. The van der Waals surface area contributed by atoms with Crippen molar-refractivity contribution in [3.63, 3.8) is 0 Å². The van der Waals surface area contributed by atoms with Crippen LogP contribution < -0.4 is 11.2 Å². The summed E-state index contributed by atoms with van der Waals surface area (Å²) in [6.45, 7) is 3.25. The van der Waals surface area contributed by atoms with Gasteiger partial charge in [0.25, 0.3) is 5.56 Å². The van der Waals surface area contributed by atoms with Gasteiger partial charge in [-0.3, -0.25) is 14.3 Å². The Morgan fingerprint density at radius 2 is 2.08 bits per heavy atom. The second-order valence-electron chi connectivity index (χ2n) is 5.12. The number of sulfone groups is 1. The standard InChI is InChI=1S/C12H15BrN2O8S/c1-3-22-11(24(2,20)21)8-6(16)7(17)10(23-8)15-4-5(13)9(18)14-12(15)19/h3-4,6-8,10-11,16-17H,1H2,2H3,(H,14,18,19)/t6-,7+,8-,10+,11?/m0/s1. The van der Waals surface area contributed by atoms with Crippen molar-refractivity contribution in [3.8, 4) is 0 Å². The number of aliphatic hydroxyl groups is 2. The number of H-pyrrole nitrogens is 1. The summed E-state index contributed by atoms with van der Waals surface area (Å²) in [4.78, 5) is 25.2. The number of aromatic nitrogens is 2. The van der Waals surface area contributed by atoms with E-state index in [9.17, 15) is 28.2 Å². The maximum Gasteiger partial charge on any atom is 0.330 e. The average molecular weight is 427 g/mol. The average Bonchev–Trinajstić information content (AvgIpc) is 2.75. The Labute approximate surface area is 144 Å². The number of hydrogen-bond donors (Lipinski definition) is 3. The molecule has 1 fully saturated rings. The molecule has 10 nitrogen and oxygen atoms in total. The Balaban J connectivity index is 2.43. The van der Waals surface area contributed by atoms with Gasteiger partial charge in [-0.25, -0.2) is 13.2 Å². The minimum Gasteiger partial charge on any atom is -0.480 e. The lowest BCUT2D eigenvalue weighted by Gasteiger charge is -2.23. The number of ether oxygens (including phenoxy) is 2. The molecule has 1 unspecified atom stereocenters. The summed E-state index contributed by atoms with van der Waals surface area (Å²) >= 11 is 2.93. The highest BCUT2D eigenvalue weighted by molar-refractivity contribution is 9.10. The molecule has 2 heterocycles. The van der Waals surface area contributed by atoms with Gasteiger partial charge in [0.2, 0.25) is 5.44 Å². The Kier molecular flexibility index (Phi) is 5.34. The molecule has 1 saturated heterocycles. The molecule has 0 amide bonds. The lowest BCUT2D eigenvalue weighted by molar-refractivity contribution is -0.0671. The van der Waals surface area contributed by atoms with E-state index < -0.39 is 51.1 Å². The summed E-state index contributed by atoms with van der Waals surface area (Å²) in [6, 6.07) is 0. The predicted molar refractivity (Wildman–Crippen MR) is 84.9 cm³/mol. The minimum atomic E-state index is -3.84. The van der Waals surface area contributed by atoms with Crippen LogP contribution in [-0.4, -0.2) is 58.2 Å². The summed E-state index contributed by atoms with van der Waals surface area (Å²) in [5.41, 5.74) is -3.22. The highest BCUT2D eigenvalue weighted by Crippen LogP contribution is 2.32. The SMILES string of the molecule is C=COC([C@H]1O[C@@H](n2cc(Br)c(=O)[nH]c2=O)[C@H](O)[C@@H]1O)S(C)(=O)=O. The predicted octanol–water partition coefficient (Wildman–Crippen LogP) is -1.55. The van der Waals surface area contributed by atoms with Gasteiger partial charge >= 0.3 is 5.69 Å². The lowest BCUT2D eigenvalue weighted by atomic mass is 10.1. The van der Waals surface area contributed by atoms with Crippen molar-refractivity contribution in [2.75, 3.05) is 6.26 Å². The summed E-state index contributed by atoms with van der Waals surface area (Å²) in [6.07, 6.45) is -3.41. The summed E-state index contributed by atoms with van der Waals surface area (Å²) < 4.78 is 34.7. The smallest absolute Gasteiger partial charge is 0.330 e. The molecule has 1 aliphatic heterocycles. The first-order chi connectivity index (χ1) is 11.1. The second kappa shape index (κ2) is 6.80. The van der Waals surface area contributed by atoms with Gasteiger partial charge in [0.15, 0.2) is 16.1 Å². The normalized spacial score (nSPS) is 28.5. The third-order valence-electron chi connectivity index (χ3n) is 3.39. The maximum absolute atomic E-state index is 11.9. The van der Waals surface area contributed by atoms with Crippen molar-refractivity contribution in [2.24, 2.45) is 0 Å². The largest absolute Gasteiger partial charge is 0.480 e. The third kappa shape index (κ3) is 3.47. The van der Waals surface area contributed by atoms with Gasteiger partial charge in [-0.05, 0) is 15.9 Å². The van der Waals surface area contributed by atoms with Crippen molar-refractivity contribution in [1.29, 1.82) is 0 Å². The van der Waals surface area contributed by atoms with Crippen LogP contribution >= 0.6 is 15.9 Å². The molecule has 12 heteroatoms. The van der Waals surface area contributed by atoms with Gasteiger partial charge in [0, 0.05) is 12.5 Å². The van der Waals surface area contributed by atoms with Gasteiger partial charge in [0.05, 0.1) is 10.7 Å². The zero-order valence-corrected chi connectivity index (χ0v) is 14.7. The maximum atomic E-state index is 11.9. The summed E-state index contributed by atoms with van der Waals surface area (Å²) in [7, 11) is -3.84. The molecule has 2 rings (SSSR count). The fraction of sp³-hybridized carbons (Fsp3) is 0.500. The molecule has 5 atom stereocenters. The number of halogens is 1. The fourth-order valence-corrected chi connectivity index (χ4v) is 3.62. The molecule has 0 aromatic carbocycles. The van der Waals surface area contributed by atoms with Crippen LogP contribution in [0.1, 0.15) is 6.23 Å². The molecule has 0 aliphatic carbocycles. The van der Waals surface area contributed by atoms with Crippen LogP contribution in [0.4, 0.5) is 0 Å². The molecule has 134 valence electrons. The highest BCUT2D eigenvalue weighted by Gasteiger charge is 2.51. The molecule has 24 heavy (non-hydrogen) atoms. The first kappa shape index (κ1) is 18.9. The van der Waals surface area contributed by atoms with Crippen molar-refractivity contribution < 1.29 is 28.1 Å². The molecule has 0 saturated carbocycles. The van der Waals surface area contributed by atoms with E-state index in [1.165, 1.54) is 0 Å². The van der Waals surface area contributed by atoms with Crippen LogP contribution in [0.2, 0.25) is 0 Å². The first-order valence-corrected chi connectivity index (χ1v) is 9.30. The fourth-order valence-electron chi connectivity index (χ4n) is 2.31. The molecule has 1 aromatic rings. The topological polar surface area (TPSA) is 148 Å². The number of aliphatic hydroxyl groups excluding tert-OH is 2. The van der Waals surface area contributed by atoms with Gasteiger partial charge in [-0.15, -0.1) is 0 Å². The van der Waals surface area contributed by atoms with Gasteiger partial charge in [0.1, 0.15) is 18.3 Å². The van der Waals surface area contributed by atoms with Crippen LogP contribution in [0, 0.1) is 0 Å². The van der Waals surface area contributed by atoms with E-state index in [-0.39, 0.29) is 4.47 Å². The van der Waals surface area contributed by atoms with Crippen molar-refractivity contribution in [3.05, 3.63) is 44.3 Å². The molecule has 3 N–H and O–H groups in total. The van der Waals surface area contributed by atoms with Gasteiger partial charge in [-0.2, -0.15) is 0 Å². The van der Waals surface area contributed by atoms with Crippen LogP contribution in [0.5, 0.6) is 0 Å². The van der Waals surface area contributed by atoms with Crippen molar-refractivity contribution in [2.45, 2.75) is 30.0 Å². The first-order valence-electron chi connectivity index (χ1n) is 6.55. The number of nitrogens with zero attached hydrogens (tertiary/aromatic N) is 1. The highest BCUT2D eigenvalue weighted by atomic mass is 79.9. The Bertz CT molecular complexity index is 847. The van der Waals surface area contributed by atoms with E-state index >= 15 is 0 Å². The van der Waals surface area contributed by atoms with Crippen molar-refractivity contribution in [1.82, 2.24) is 9.55 Å².